The summed E-state index contributed by atoms with van der Waals surface area (Å²) in [5.74, 6) is -0.254. The quantitative estimate of drug-likeness (QED) is 0.0885. The number of nitrogens with one attached hydrogen (secondary N) is 1. The van der Waals surface area contributed by atoms with E-state index in [1.807, 2.05) is 50.2 Å². The highest BCUT2D eigenvalue weighted by Gasteiger charge is 2.32. The van der Waals surface area contributed by atoms with Crippen LogP contribution in [-0.4, -0.2) is 82.2 Å². The van der Waals surface area contributed by atoms with Crippen LogP contribution in [0, 0.1) is 11.8 Å². The fourth-order valence-corrected chi connectivity index (χ4v) is 8.10. The van der Waals surface area contributed by atoms with E-state index in [0.29, 0.717) is 50.1 Å². The van der Waals surface area contributed by atoms with Crippen molar-refractivity contribution in [3.05, 3.63) is 71.5 Å². The van der Waals surface area contributed by atoms with Crippen molar-refractivity contribution in [2.24, 2.45) is 11.8 Å². The van der Waals surface area contributed by atoms with Gasteiger partial charge < -0.3 is 39.8 Å². The maximum Gasteiger partial charge on any atom is 0.433 e. The average molecular weight is 840 g/mol. The fraction of sp³-hybridized carbons (Fsp3) is 0.587. The SMILES string of the molecule is COC(=O)CC(C)c1ccc(N(CC(C)CCOC(=O)CC(C)c2ccc(N(CC(C)C)C3CCOCC3)c(Nc3ccc(C(F)(F)F)nc3)c2)C2CCOCC2)c(N)c1. The summed E-state index contributed by atoms with van der Waals surface area (Å²) < 4.78 is 62.0. The van der Waals surface area contributed by atoms with Crippen LogP contribution in [0.3, 0.4) is 0 Å². The number of nitrogen functional groups attached to an aromatic ring is 1. The number of methoxy groups -OCH3 is 1. The largest absolute Gasteiger partial charge is 0.469 e. The molecule has 330 valence electrons. The molecule has 1 aromatic heterocycles. The summed E-state index contributed by atoms with van der Waals surface area (Å²) in [4.78, 5) is 33.6. The standard InChI is InChI=1S/C46H64F3N5O6/c1-30(2)28-53(37-14-18-58-19-15-37)42-11-8-35(26-40(42)52-36-9-12-43(51-27-36)46(47,48)49)33(5)24-45(56)60-22-13-31(3)29-54(38-16-20-59-21-17-38)41-10-7-34(25-39(41)50)32(4)23-44(55)57-6/h7-12,25-27,30-33,37-38,52H,13-24,28-29,50H2,1-6H3. The van der Waals surface area contributed by atoms with E-state index in [0.717, 1.165) is 73.0 Å². The van der Waals surface area contributed by atoms with Crippen LogP contribution < -0.4 is 20.9 Å². The van der Waals surface area contributed by atoms with Gasteiger partial charge in [-0.15, -0.1) is 0 Å². The zero-order valence-electron chi connectivity index (χ0n) is 36.1. The first-order chi connectivity index (χ1) is 28.6. The van der Waals surface area contributed by atoms with Crippen molar-refractivity contribution in [3.8, 4) is 0 Å². The van der Waals surface area contributed by atoms with Gasteiger partial charge >= 0.3 is 18.1 Å². The second kappa shape index (κ2) is 21.8. The highest BCUT2D eigenvalue weighted by molar-refractivity contribution is 5.77. The molecule has 14 heteroatoms. The predicted octanol–water partition coefficient (Wildman–Crippen LogP) is 9.48. The van der Waals surface area contributed by atoms with Crippen molar-refractivity contribution in [1.82, 2.24) is 4.98 Å². The molecule has 0 bridgehead atoms. The number of benzene rings is 2. The Morgan fingerprint density at radius 1 is 0.817 bits per heavy atom. The predicted molar refractivity (Wildman–Crippen MR) is 230 cm³/mol. The van der Waals surface area contributed by atoms with E-state index in [9.17, 15) is 22.8 Å². The monoisotopic (exact) mass is 839 g/mol. The zero-order valence-corrected chi connectivity index (χ0v) is 36.1. The summed E-state index contributed by atoms with van der Waals surface area (Å²) in [7, 11) is 1.39. The number of esters is 2. The Morgan fingerprint density at radius 3 is 1.92 bits per heavy atom. The number of halogens is 3. The summed E-state index contributed by atoms with van der Waals surface area (Å²) in [6.07, 6.45) is 1.25. The minimum Gasteiger partial charge on any atom is -0.469 e. The normalized spacial score (nSPS) is 16.8. The molecule has 0 spiro atoms. The summed E-state index contributed by atoms with van der Waals surface area (Å²) in [5.41, 5.74) is 11.3. The number of aromatic nitrogens is 1. The Balaban J connectivity index is 1.24. The fourth-order valence-electron chi connectivity index (χ4n) is 8.10. The molecule has 11 nitrogen and oxygen atoms in total. The van der Waals surface area contributed by atoms with Crippen LogP contribution >= 0.6 is 0 Å². The van der Waals surface area contributed by atoms with Gasteiger partial charge in [0.1, 0.15) is 5.69 Å². The lowest BCUT2D eigenvalue weighted by atomic mass is 9.95. The molecule has 2 saturated heterocycles. The Kier molecular flexibility index (Phi) is 16.9. The van der Waals surface area contributed by atoms with Gasteiger partial charge in [0.25, 0.3) is 0 Å². The molecule has 2 aromatic carbocycles. The number of rotatable bonds is 19. The second-order valence-electron chi connectivity index (χ2n) is 16.9. The van der Waals surface area contributed by atoms with E-state index in [1.54, 1.807) is 0 Å². The number of alkyl halides is 3. The van der Waals surface area contributed by atoms with Crippen LogP contribution in [0.4, 0.5) is 41.6 Å². The van der Waals surface area contributed by atoms with Gasteiger partial charge in [0, 0.05) is 51.6 Å². The molecule has 3 heterocycles. The van der Waals surface area contributed by atoms with Crippen LogP contribution in [0.1, 0.15) is 108 Å². The lowest BCUT2D eigenvalue weighted by Crippen LogP contribution is -2.42. The van der Waals surface area contributed by atoms with Crippen LogP contribution in [0.15, 0.2) is 54.7 Å². The van der Waals surface area contributed by atoms with Gasteiger partial charge in [-0.3, -0.25) is 9.59 Å². The van der Waals surface area contributed by atoms with Crippen molar-refractivity contribution in [3.63, 3.8) is 0 Å². The Hall–Kier alpha value is -4.56. The summed E-state index contributed by atoms with van der Waals surface area (Å²) in [6, 6.07) is 14.9. The molecule has 3 N–H and O–H groups in total. The summed E-state index contributed by atoms with van der Waals surface area (Å²) in [6.45, 7) is 14.9. The van der Waals surface area contributed by atoms with Crippen molar-refractivity contribution < 1.29 is 41.7 Å². The molecule has 0 saturated carbocycles. The topological polar surface area (TPSA) is 128 Å². The molecule has 2 aliphatic rings. The van der Waals surface area contributed by atoms with Crippen LogP contribution in [0.5, 0.6) is 0 Å². The molecule has 3 unspecified atom stereocenters. The van der Waals surface area contributed by atoms with E-state index < -0.39 is 11.9 Å². The van der Waals surface area contributed by atoms with E-state index in [-0.39, 0.29) is 61.2 Å². The third-order valence-corrected chi connectivity index (χ3v) is 11.5. The number of ether oxygens (including phenoxy) is 4. The molecule has 0 radical (unpaired) electrons. The molecule has 3 aromatic rings. The van der Waals surface area contributed by atoms with Crippen LogP contribution in [-0.2, 0) is 34.7 Å². The van der Waals surface area contributed by atoms with Crippen LogP contribution in [0.2, 0.25) is 0 Å². The highest BCUT2D eigenvalue weighted by atomic mass is 19.4. The molecule has 0 amide bonds. The first-order valence-electron chi connectivity index (χ1n) is 21.4. The molecule has 2 fully saturated rings. The molecule has 5 rings (SSSR count). The minimum absolute atomic E-state index is 0.0350. The minimum atomic E-state index is -4.54. The lowest BCUT2D eigenvalue weighted by molar-refractivity contribution is -0.144. The molecule has 60 heavy (non-hydrogen) atoms. The number of hydrogen-bond donors (Lipinski definition) is 2. The molecular formula is C46H64F3N5O6. The Labute approximate surface area is 353 Å². The van der Waals surface area contributed by atoms with Crippen molar-refractivity contribution in [2.75, 3.05) is 74.1 Å². The van der Waals surface area contributed by atoms with Crippen LogP contribution in [0.25, 0.3) is 0 Å². The Morgan fingerprint density at radius 2 is 1.38 bits per heavy atom. The maximum absolute atomic E-state index is 13.3. The number of pyridine rings is 1. The van der Waals surface area contributed by atoms with E-state index >= 15 is 0 Å². The van der Waals surface area contributed by atoms with Gasteiger partial charge in [-0.05, 0) is 103 Å². The number of carbonyl (C=O) groups is 2. The first-order valence-corrected chi connectivity index (χ1v) is 21.4. The van der Waals surface area contributed by atoms with Gasteiger partial charge in [0.15, 0.2) is 0 Å². The van der Waals surface area contributed by atoms with Gasteiger partial charge in [-0.25, -0.2) is 4.98 Å². The Bertz CT molecular complexity index is 1830. The van der Waals surface area contributed by atoms with Crippen molar-refractivity contribution in [1.29, 1.82) is 0 Å². The number of nitrogens with zero attached hydrogens (tertiary/aromatic N) is 3. The number of carbonyl (C=O) groups excluding carboxylic acids is 2. The second-order valence-corrected chi connectivity index (χ2v) is 16.9. The maximum atomic E-state index is 13.3. The third kappa shape index (κ3) is 13.2. The van der Waals surface area contributed by atoms with E-state index in [2.05, 4.69) is 40.9 Å². The van der Waals surface area contributed by atoms with Gasteiger partial charge in [0.05, 0.1) is 61.2 Å². The zero-order chi connectivity index (χ0) is 43.4. The molecule has 3 atom stereocenters. The average Bonchev–Trinajstić information content (AvgIpc) is 3.22. The lowest BCUT2D eigenvalue weighted by Gasteiger charge is -2.38. The van der Waals surface area contributed by atoms with Gasteiger partial charge in [0.2, 0.25) is 0 Å². The smallest absolute Gasteiger partial charge is 0.433 e. The number of hydrogen-bond acceptors (Lipinski definition) is 11. The van der Waals surface area contributed by atoms with Crippen molar-refractivity contribution >= 4 is 40.4 Å². The highest BCUT2D eigenvalue weighted by Crippen LogP contribution is 2.38. The number of nitrogens with two attached hydrogens (primary N) is 1. The number of anilines is 5. The first kappa shape index (κ1) is 46.5. The van der Waals surface area contributed by atoms with Crippen molar-refractivity contribution in [2.45, 2.75) is 110 Å². The molecule has 2 aliphatic heterocycles. The van der Waals surface area contributed by atoms with E-state index in [4.69, 9.17) is 24.7 Å². The summed E-state index contributed by atoms with van der Waals surface area (Å²) in [5, 5.41) is 3.36. The van der Waals surface area contributed by atoms with Gasteiger partial charge in [-0.1, -0.05) is 46.8 Å². The third-order valence-electron chi connectivity index (χ3n) is 11.5. The van der Waals surface area contributed by atoms with Gasteiger partial charge in [-0.2, -0.15) is 13.2 Å². The van der Waals surface area contributed by atoms with E-state index in [1.165, 1.54) is 19.4 Å². The summed E-state index contributed by atoms with van der Waals surface area (Å²) >= 11 is 0. The molecule has 0 aliphatic carbocycles. The molecular weight excluding hydrogens is 776 g/mol.